The Morgan fingerprint density at radius 2 is 1.78 bits per heavy atom. The van der Waals surface area contributed by atoms with Crippen LogP contribution in [0.5, 0.6) is 0 Å². The van der Waals surface area contributed by atoms with Crippen LogP contribution in [0, 0.1) is 0 Å². The van der Waals surface area contributed by atoms with E-state index in [9.17, 15) is 0 Å². The van der Waals surface area contributed by atoms with Crippen LogP contribution in [-0.2, 0) is 14.2 Å². The number of hydrogen-bond acceptors (Lipinski definition) is 3. The molecule has 0 aromatic heterocycles. The first-order valence-electron chi connectivity index (χ1n) is 2.62. The molecule has 0 aliphatic rings. The maximum Gasteiger partial charge on any atom is 0.276 e. The summed E-state index contributed by atoms with van der Waals surface area (Å²) >= 11 is 0. The molecule has 0 bridgehead atoms. The average Bonchev–Trinajstić information content (AvgIpc) is 1.91. The second-order valence-electron chi connectivity index (χ2n) is 1.39. The van der Waals surface area contributed by atoms with E-state index >= 15 is 0 Å². The zero-order chi connectivity index (χ0) is 7.11. The fraction of sp³-hybridized carbons (Fsp3) is 0.667. The van der Waals surface area contributed by atoms with E-state index in [1.807, 2.05) is 0 Å². The van der Waals surface area contributed by atoms with Gasteiger partial charge in [0.25, 0.3) is 5.95 Å². The first kappa shape index (κ1) is 8.30. The number of ether oxygens (including phenoxy) is 3. The molecule has 0 unspecified atom stereocenters. The highest BCUT2D eigenvalue weighted by Crippen LogP contribution is 1.93. The summed E-state index contributed by atoms with van der Waals surface area (Å²) in [5.74, 6) is 0.483. The van der Waals surface area contributed by atoms with Gasteiger partial charge < -0.3 is 14.2 Å². The summed E-state index contributed by atoms with van der Waals surface area (Å²) in [7, 11) is 4.70. The molecule has 0 N–H and O–H groups in total. The van der Waals surface area contributed by atoms with E-state index in [4.69, 9.17) is 14.2 Å². The lowest BCUT2D eigenvalue weighted by Gasteiger charge is -2.01. The molecular formula is C6H12O3. The van der Waals surface area contributed by atoms with Gasteiger partial charge in [-0.1, -0.05) is 0 Å². The molecule has 0 aromatic rings. The number of hydrogen-bond donors (Lipinski definition) is 0. The third-order valence-electron chi connectivity index (χ3n) is 0.819. The van der Waals surface area contributed by atoms with Crippen molar-refractivity contribution in [1.29, 1.82) is 0 Å². The van der Waals surface area contributed by atoms with Gasteiger partial charge in [0.05, 0.1) is 20.8 Å². The first-order chi connectivity index (χ1) is 4.35. The van der Waals surface area contributed by atoms with Crippen LogP contribution in [0.4, 0.5) is 0 Å². The van der Waals surface area contributed by atoms with E-state index in [1.165, 1.54) is 0 Å². The molecule has 54 valence electrons. The Morgan fingerprint density at radius 3 is 2.11 bits per heavy atom. The molecule has 0 fully saturated rings. The summed E-state index contributed by atoms with van der Waals surface area (Å²) < 4.78 is 14.3. The Bertz CT molecular complexity index is 82.3. The molecule has 0 heterocycles. The van der Waals surface area contributed by atoms with Crippen LogP contribution in [-0.4, -0.2) is 27.9 Å². The molecule has 0 aliphatic carbocycles. The summed E-state index contributed by atoms with van der Waals surface area (Å²) in [6, 6.07) is 0. The third-order valence-corrected chi connectivity index (χ3v) is 0.819. The lowest BCUT2D eigenvalue weighted by molar-refractivity contribution is 0.0897. The van der Waals surface area contributed by atoms with Crippen molar-refractivity contribution in [2.24, 2.45) is 0 Å². The van der Waals surface area contributed by atoms with E-state index < -0.39 is 0 Å². The van der Waals surface area contributed by atoms with Gasteiger partial charge in [0.2, 0.25) is 0 Å². The van der Waals surface area contributed by atoms with Crippen molar-refractivity contribution < 1.29 is 14.2 Å². The van der Waals surface area contributed by atoms with Gasteiger partial charge in [0.15, 0.2) is 0 Å². The monoisotopic (exact) mass is 132 g/mol. The molecule has 9 heavy (non-hydrogen) atoms. The zero-order valence-corrected chi connectivity index (χ0v) is 6.01. The Kier molecular flexibility index (Phi) is 5.01. The predicted molar refractivity (Wildman–Crippen MR) is 34.0 cm³/mol. The maximum absolute atomic E-state index is 4.76. The molecule has 0 aliphatic heterocycles. The van der Waals surface area contributed by atoms with Crippen LogP contribution in [0.3, 0.4) is 0 Å². The lowest BCUT2D eigenvalue weighted by Crippen LogP contribution is -1.92. The quantitative estimate of drug-likeness (QED) is 0.529. The van der Waals surface area contributed by atoms with E-state index in [0.29, 0.717) is 12.6 Å². The summed E-state index contributed by atoms with van der Waals surface area (Å²) in [4.78, 5) is 0. The minimum absolute atomic E-state index is 0.483. The van der Waals surface area contributed by atoms with E-state index in [1.54, 1.807) is 27.4 Å². The molecular weight excluding hydrogens is 120 g/mol. The molecule has 0 radical (unpaired) electrons. The van der Waals surface area contributed by atoms with Crippen molar-refractivity contribution in [3.8, 4) is 0 Å². The largest absolute Gasteiger partial charge is 0.469 e. The smallest absolute Gasteiger partial charge is 0.276 e. The van der Waals surface area contributed by atoms with Crippen molar-refractivity contribution in [2.75, 3.05) is 27.9 Å². The van der Waals surface area contributed by atoms with E-state index in [-0.39, 0.29) is 0 Å². The fourth-order valence-electron chi connectivity index (χ4n) is 0.401. The molecule has 3 nitrogen and oxygen atoms in total. The molecule has 3 heteroatoms. The summed E-state index contributed by atoms with van der Waals surface area (Å²) in [6.45, 7) is 0.511. The highest BCUT2D eigenvalue weighted by atomic mass is 16.7. The van der Waals surface area contributed by atoms with Crippen LogP contribution in [0.1, 0.15) is 0 Å². The standard InChI is InChI=1S/C6H12O3/c1-7-5-4-6(8-2)9-3/h4H,5H2,1-3H3. The summed E-state index contributed by atoms with van der Waals surface area (Å²) in [6.07, 6.45) is 1.71. The number of methoxy groups -OCH3 is 3. The Morgan fingerprint density at radius 1 is 1.22 bits per heavy atom. The van der Waals surface area contributed by atoms with Gasteiger partial charge in [-0.2, -0.15) is 0 Å². The van der Waals surface area contributed by atoms with Crippen molar-refractivity contribution in [1.82, 2.24) is 0 Å². The molecule has 0 spiro atoms. The highest BCUT2D eigenvalue weighted by molar-refractivity contribution is 4.82. The summed E-state index contributed by atoms with van der Waals surface area (Å²) in [5, 5.41) is 0. The molecule has 0 saturated heterocycles. The topological polar surface area (TPSA) is 27.7 Å². The molecule has 0 aromatic carbocycles. The zero-order valence-electron chi connectivity index (χ0n) is 6.01. The predicted octanol–water partition coefficient (Wildman–Crippen LogP) is 0.767. The van der Waals surface area contributed by atoms with Gasteiger partial charge in [0.1, 0.15) is 0 Å². The van der Waals surface area contributed by atoms with Gasteiger partial charge in [-0.05, 0) is 0 Å². The Balaban J connectivity index is 3.48. The van der Waals surface area contributed by atoms with Crippen LogP contribution in [0.2, 0.25) is 0 Å². The van der Waals surface area contributed by atoms with Crippen molar-refractivity contribution in [2.45, 2.75) is 0 Å². The average molecular weight is 132 g/mol. The van der Waals surface area contributed by atoms with Gasteiger partial charge in [-0.3, -0.25) is 0 Å². The second kappa shape index (κ2) is 5.44. The highest BCUT2D eigenvalue weighted by Gasteiger charge is 1.88. The SMILES string of the molecule is COCC=C(OC)OC. The van der Waals surface area contributed by atoms with Gasteiger partial charge in [-0.25, -0.2) is 0 Å². The molecule has 0 atom stereocenters. The van der Waals surface area contributed by atoms with Crippen molar-refractivity contribution in [3.63, 3.8) is 0 Å². The molecule has 0 rings (SSSR count). The van der Waals surface area contributed by atoms with E-state index in [0.717, 1.165) is 0 Å². The van der Waals surface area contributed by atoms with Crippen LogP contribution in [0.25, 0.3) is 0 Å². The van der Waals surface area contributed by atoms with E-state index in [2.05, 4.69) is 0 Å². The van der Waals surface area contributed by atoms with Gasteiger partial charge in [0, 0.05) is 13.2 Å². The minimum Gasteiger partial charge on any atom is -0.469 e. The molecule has 0 saturated carbocycles. The fourth-order valence-corrected chi connectivity index (χ4v) is 0.401. The Hall–Kier alpha value is -0.700. The second-order valence-corrected chi connectivity index (χ2v) is 1.39. The first-order valence-corrected chi connectivity index (χ1v) is 2.62. The Labute approximate surface area is 55.2 Å². The van der Waals surface area contributed by atoms with Crippen LogP contribution < -0.4 is 0 Å². The maximum atomic E-state index is 4.76. The molecule has 0 amide bonds. The van der Waals surface area contributed by atoms with Crippen LogP contribution >= 0.6 is 0 Å². The van der Waals surface area contributed by atoms with Gasteiger partial charge >= 0.3 is 0 Å². The number of rotatable bonds is 4. The van der Waals surface area contributed by atoms with Crippen LogP contribution in [0.15, 0.2) is 12.0 Å². The summed E-state index contributed by atoms with van der Waals surface area (Å²) in [5.41, 5.74) is 0. The third kappa shape index (κ3) is 3.85. The van der Waals surface area contributed by atoms with Crippen molar-refractivity contribution >= 4 is 0 Å². The van der Waals surface area contributed by atoms with Crippen molar-refractivity contribution in [3.05, 3.63) is 12.0 Å². The normalized spacial score (nSPS) is 8.33. The lowest BCUT2D eigenvalue weighted by atomic mass is 10.6. The minimum atomic E-state index is 0.483. The van der Waals surface area contributed by atoms with Gasteiger partial charge in [-0.15, -0.1) is 0 Å².